The molecule has 0 atom stereocenters. The minimum Gasteiger partial charge on any atom is -0.503 e. The lowest BCUT2D eigenvalue weighted by Gasteiger charge is -2.10. The van der Waals surface area contributed by atoms with E-state index in [9.17, 15) is 9.90 Å². The highest BCUT2D eigenvalue weighted by atomic mass is 32.2. The van der Waals surface area contributed by atoms with Gasteiger partial charge in [0.2, 0.25) is 0 Å². The summed E-state index contributed by atoms with van der Waals surface area (Å²) in [5.74, 6) is -0.390. The summed E-state index contributed by atoms with van der Waals surface area (Å²) in [6.07, 6.45) is 3.24. The van der Waals surface area contributed by atoms with Crippen molar-refractivity contribution in [3.63, 3.8) is 0 Å². The lowest BCUT2D eigenvalue weighted by molar-refractivity contribution is -0.130. The van der Waals surface area contributed by atoms with E-state index in [0.717, 1.165) is 15.6 Å². The predicted octanol–water partition coefficient (Wildman–Crippen LogP) is 5.04. The Morgan fingerprint density at radius 1 is 1.16 bits per heavy atom. The largest absolute Gasteiger partial charge is 0.503 e. The number of nitrogens with zero attached hydrogens (tertiary/aromatic N) is 1. The van der Waals surface area contributed by atoms with Crippen LogP contribution in [-0.2, 0) is 15.3 Å². The van der Waals surface area contributed by atoms with Crippen molar-refractivity contribution in [3.8, 4) is 0 Å². The number of para-hydroxylation sites is 1. The quantitative estimate of drug-likeness (QED) is 0.333. The molecular formula is C19H19NO3S2. The number of rotatable bonds is 6. The molecule has 0 fully saturated rings. The zero-order valence-corrected chi connectivity index (χ0v) is 15.6. The van der Waals surface area contributed by atoms with Crippen molar-refractivity contribution < 1.29 is 14.6 Å². The van der Waals surface area contributed by atoms with Crippen molar-refractivity contribution in [1.82, 2.24) is 0 Å². The second kappa shape index (κ2) is 9.96. The van der Waals surface area contributed by atoms with Gasteiger partial charge in [-0.1, -0.05) is 54.2 Å². The zero-order valence-electron chi connectivity index (χ0n) is 14.0. The lowest BCUT2D eigenvalue weighted by atomic mass is 10.0. The number of benzene rings is 2. The maximum atomic E-state index is 11.5. The van der Waals surface area contributed by atoms with Gasteiger partial charge in [0.15, 0.2) is 0 Å². The number of hydrogen-bond acceptors (Lipinski definition) is 5. The summed E-state index contributed by atoms with van der Waals surface area (Å²) < 4.78 is 5.85. The first-order valence-electron chi connectivity index (χ1n) is 7.50. The molecule has 130 valence electrons. The molecule has 0 spiro atoms. The van der Waals surface area contributed by atoms with Crippen molar-refractivity contribution >= 4 is 45.1 Å². The molecule has 25 heavy (non-hydrogen) atoms. The molecular weight excluding hydrogens is 354 g/mol. The lowest BCUT2D eigenvalue weighted by Crippen LogP contribution is -2.03. The van der Waals surface area contributed by atoms with E-state index in [4.69, 9.17) is 4.74 Å². The van der Waals surface area contributed by atoms with Crippen LogP contribution >= 0.6 is 23.5 Å². The summed E-state index contributed by atoms with van der Waals surface area (Å²) in [6, 6.07) is 17.2. The van der Waals surface area contributed by atoms with Crippen LogP contribution in [0, 0.1) is 0 Å². The van der Waals surface area contributed by atoms with Gasteiger partial charge in [-0.25, -0.2) is 9.79 Å². The van der Waals surface area contributed by atoms with Gasteiger partial charge in [0.25, 0.3) is 0 Å². The molecule has 0 aliphatic heterocycles. The second-order valence-electron chi connectivity index (χ2n) is 4.94. The molecule has 2 aromatic rings. The average molecular weight is 373 g/mol. The van der Waals surface area contributed by atoms with E-state index in [1.807, 2.05) is 54.8 Å². The van der Waals surface area contributed by atoms with Gasteiger partial charge in [-0.3, -0.25) is 0 Å². The summed E-state index contributed by atoms with van der Waals surface area (Å²) >= 11 is 3.15. The van der Waals surface area contributed by atoms with Crippen LogP contribution in [0.4, 0.5) is 5.69 Å². The fourth-order valence-corrected chi connectivity index (χ4v) is 3.69. The Bertz CT molecular complexity index is 773. The summed E-state index contributed by atoms with van der Waals surface area (Å²) in [5, 5.41) is 9.42. The Morgan fingerprint density at radius 3 is 2.48 bits per heavy atom. The molecule has 1 N–H and O–H groups in total. The molecule has 0 saturated heterocycles. The van der Waals surface area contributed by atoms with Crippen molar-refractivity contribution in [2.75, 3.05) is 13.4 Å². The highest BCUT2D eigenvalue weighted by molar-refractivity contribution is 8.38. The third-order valence-corrected chi connectivity index (χ3v) is 5.36. The molecule has 2 rings (SSSR count). The minimum atomic E-state index is -1.01. The molecule has 0 radical (unpaired) electrons. The fraction of sp³-hybridized carbons (Fsp3) is 0.158. The molecule has 4 nitrogen and oxygen atoms in total. The molecule has 0 aliphatic rings. The van der Waals surface area contributed by atoms with Gasteiger partial charge in [-0.2, -0.15) is 0 Å². The van der Waals surface area contributed by atoms with Gasteiger partial charge in [0.05, 0.1) is 19.1 Å². The van der Waals surface area contributed by atoms with Crippen LogP contribution in [0.15, 0.2) is 65.9 Å². The summed E-state index contributed by atoms with van der Waals surface area (Å²) in [7, 11) is 1.44. The highest BCUT2D eigenvalue weighted by Gasteiger charge is 2.15. The Morgan fingerprint density at radius 2 is 1.84 bits per heavy atom. The number of hydrogen-bond donors (Lipinski definition) is 1. The average Bonchev–Trinajstić information content (AvgIpc) is 2.64. The van der Waals surface area contributed by atoms with Gasteiger partial charge in [-0.05, 0) is 29.5 Å². The SMILES string of the molecule is COC=C(C(=O)O)c1ccccc1CSC(=Nc1ccccc1)SC. The first-order valence-corrected chi connectivity index (χ1v) is 9.71. The number of carboxylic acid groups (broad SMARTS) is 1. The third kappa shape index (κ3) is 5.69. The number of aliphatic imine (C=N–C) groups is 1. The molecule has 2 aromatic carbocycles. The van der Waals surface area contributed by atoms with E-state index < -0.39 is 5.97 Å². The first-order chi connectivity index (χ1) is 12.2. The highest BCUT2D eigenvalue weighted by Crippen LogP contribution is 2.28. The van der Waals surface area contributed by atoms with Crippen LogP contribution in [0.5, 0.6) is 0 Å². The van der Waals surface area contributed by atoms with Crippen LogP contribution in [0.2, 0.25) is 0 Å². The first kappa shape index (κ1) is 19.1. The third-order valence-electron chi connectivity index (χ3n) is 3.28. The number of aliphatic carboxylic acids is 1. The molecule has 6 heteroatoms. The van der Waals surface area contributed by atoms with Gasteiger partial charge in [-0.15, -0.1) is 11.8 Å². The van der Waals surface area contributed by atoms with Crippen molar-refractivity contribution in [3.05, 3.63) is 72.0 Å². The van der Waals surface area contributed by atoms with Gasteiger partial charge in [0, 0.05) is 5.75 Å². The summed E-state index contributed by atoms with van der Waals surface area (Å²) in [4.78, 5) is 16.1. The predicted molar refractivity (Wildman–Crippen MR) is 107 cm³/mol. The van der Waals surface area contributed by atoms with Crippen molar-refractivity contribution in [1.29, 1.82) is 0 Å². The van der Waals surface area contributed by atoms with Crippen molar-refractivity contribution in [2.24, 2.45) is 4.99 Å². The normalized spacial score (nSPS) is 12.1. The second-order valence-corrected chi connectivity index (χ2v) is 6.95. The number of carboxylic acids is 1. The van der Waals surface area contributed by atoms with Crippen LogP contribution in [0.1, 0.15) is 11.1 Å². The molecule has 0 aromatic heterocycles. The fourth-order valence-electron chi connectivity index (χ4n) is 2.14. The van der Waals surface area contributed by atoms with Gasteiger partial charge < -0.3 is 9.84 Å². The Labute approximate surface area is 156 Å². The molecule has 0 bridgehead atoms. The molecule has 0 amide bonds. The Balaban J connectivity index is 2.22. The standard InChI is InChI=1S/C19H19NO3S2/c1-23-12-17(18(21)22)16-11-7-6-8-14(16)13-25-19(24-2)20-15-9-4-3-5-10-15/h3-12H,13H2,1-2H3,(H,21,22). The van der Waals surface area contributed by atoms with Crippen LogP contribution in [-0.4, -0.2) is 28.8 Å². The molecule has 0 saturated carbocycles. The summed E-state index contributed by atoms with van der Waals surface area (Å²) in [6.45, 7) is 0. The number of thioether (sulfide) groups is 2. The van der Waals surface area contributed by atoms with E-state index in [1.165, 1.54) is 13.4 Å². The minimum absolute atomic E-state index is 0.143. The smallest absolute Gasteiger partial charge is 0.339 e. The monoisotopic (exact) mass is 373 g/mol. The van der Waals surface area contributed by atoms with E-state index in [2.05, 4.69) is 4.99 Å². The number of methoxy groups -OCH3 is 1. The zero-order chi connectivity index (χ0) is 18.1. The number of carbonyl (C=O) groups is 1. The number of ether oxygens (including phenoxy) is 1. The Kier molecular flexibility index (Phi) is 7.63. The van der Waals surface area contributed by atoms with Crippen molar-refractivity contribution in [2.45, 2.75) is 5.75 Å². The Hall–Kier alpha value is -2.18. The topological polar surface area (TPSA) is 58.9 Å². The van der Waals surface area contributed by atoms with E-state index in [-0.39, 0.29) is 5.57 Å². The molecule has 0 unspecified atom stereocenters. The van der Waals surface area contributed by atoms with Crippen LogP contribution in [0.3, 0.4) is 0 Å². The van der Waals surface area contributed by atoms with Crippen LogP contribution < -0.4 is 0 Å². The maximum Gasteiger partial charge on any atom is 0.339 e. The van der Waals surface area contributed by atoms with Gasteiger partial charge >= 0.3 is 5.97 Å². The van der Waals surface area contributed by atoms with E-state index in [0.29, 0.717) is 11.3 Å². The molecule has 0 heterocycles. The summed E-state index contributed by atoms with van der Waals surface area (Å²) in [5.41, 5.74) is 2.63. The van der Waals surface area contributed by atoms with Gasteiger partial charge in [0.1, 0.15) is 9.95 Å². The van der Waals surface area contributed by atoms with Crippen LogP contribution in [0.25, 0.3) is 5.57 Å². The van der Waals surface area contributed by atoms with E-state index >= 15 is 0 Å². The van der Waals surface area contributed by atoms with E-state index in [1.54, 1.807) is 29.6 Å². The molecule has 0 aliphatic carbocycles. The maximum absolute atomic E-state index is 11.5.